The van der Waals surface area contributed by atoms with E-state index >= 15 is 0 Å². The lowest BCUT2D eigenvalue weighted by Crippen LogP contribution is -2.45. The highest BCUT2D eigenvalue weighted by atomic mass is 16.5. The van der Waals surface area contributed by atoms with Crippen LogP contribution in [0.3, 0.4) is 0 Å². The minimum atomic E-state index is -0.662. The summed E-state index contributed by atoms with van der Waals surface area (Å²) < 4.78 is 5.52. The van der Waals surface area contributed by atoms with Crippen molar-refractivity contribution in [1.29, 1.82) is 0 Å². The number of hydrogen-bond acceptors (Lipinski definition) is 5. The molecule has 0 radical (unpaired) electrons. The Hall–Kier alpha value is -1.66. The van der Waals surface area contributed by atoms with Crippen molar-refractivity contribution >= 4 is 11.9 Å². The molecule has 6 heteroatoms. The van der Waals surface area contributed by atoms with Gasteiger partial charge in [-0.2, -0.15) is 0 Å². The second kappa shape index (κ2) is 77.8. The van der Waals surface area contributed by atoms with Gasteiger partial charge < -0.3 is 20.3 Å². The summed E-state index contributed by atoms with van der Waals surface area (Å²) in [5.41, 5.74) is 0. The summed E-state index contributed by atoms with van der Waals surface area (Å²) in [6.45, 7) is 5.01. The third kappa shape index (κ3) is 73.4. The number of esters is 1. The van der Waals surface area contributed by atoms with E-state index in [1.807, 2.05) is 0 Å². The molecule has 522 valence electrons. The molecule has 0 rings (SSSR count). The molecule has 0 spiro atoms. The first-order chi connectivity index (χ1) is 43.5. The van der Waals surface area contributed by atoms with Crippen LogP contribution in [0.5, 0.6) is 0 Å². The standard InChI is InChI=1S/C82H159NO5/c1-3-5-7-9-11-13-15-17-19-43-48-52-56-60-64-68-72-76-82(87)88-77-73-69-65-61-57-53-49-45-42-40-38-36-34-32-30-28-26-24-22-20-21-23-25-27-29-31-33-35-37-39-41-44-47-51-55-59-63-67-71-75-81(86)83-79(78-84)80(85)74-70-66-62-58-54-50-46-18-16-14-12-10-8-6-4-2/h20-21,24,26,79-80,84-85H,3-19,22-23,25,27-78H2,1-2H3,(H,83,86)/b21-20-,26-24-. The average Bonchev–Trinajstić information content (AvgIpc) is 3.59. The van der Waals surface area contributed by atoms with Gasteiger partial charge in [0.05, 0.1) is 25.4 Å². The fourth-order valence-corrected chi connectivity index (χ4v) is 13.1. The summed E-state index contributed by atoms with van der Waals surface area (Å²) in [5.74, 6) is -0.00299. The van der Waals surface area contributed by atoms with Gasteiger partial charge in [0, 0.05) is 12.8 Å². The van der Waals surface area contributed by atoms with Crippen LogP contribution in [0.2, 0.25) is 0 Å². The molecule has 0 bridgehead atoms. The third-order valence-electron chi connectivity index (χ3n) is 19.3. The fraction of sp³-hybridized carbons (Fsp3) is 0.927. The van der Waals surface area contributed by atoms with Crippen molar-refractivity contribution in [3.05, 3.63) is 24.3 Å². The van der Waals surface area contributed by atoms with E-state index in [9.17, 15) is 19.8 Å². The Kier molecular flexibility index (Phi) is 76.3. The van der Waals surface area contributed by atoms with E-state index in [4.69, 9.17) is 4.74 Å². The van der Waals surface area contributed by atoms with Crippen molar-refractivity contribution in [2.45, 2.75) is 475 Å². The number of aliphatic hydroxyl groups is 2. The van der Waals surface area contributed by atoms with Crippen molar-refractivity contribution in [1.82, 2.24) is 5.32 Å². The summed E-state index contributed by atoms with van der Waals surface area (Å²) in [4.78, 5) is 24.6. The number of amides is 1. The van der Waals surface area contributed by atoms with Crippen LogP contribution in [0.15, 0.2) is 24.3 Å². The van der Waals surface area contributed by atoms with E-state index in [1.54, 1.807) is 0 Å². The Morgan fingerprint density at radius 2 is 0.568 bits per heavy atom. The highest BCUT2D eigenvalue weighted by Crippen LogP contribution is 2.20. The molecule has 2 atom stereocenters. The number of carbonyl (C=O) groups excluding carboxylic acids is 2. The number of carbonyl (C=O) groups is 2. The molecule has 0 aliphatic rings. The van der Waals surface area contributed by atoms with Crippen LogP contribution in [-0.2, 0) is 14.3 Å². The Morgan fingerprint density at radius 3 is 0.864 bits per heavy atom. The Bertz CT molecular complexity index is 1380. The van der Waals surface area contributed by atoms with Gasteiger partial charge in [-0.25, -0.2) is 0 Å². The van der Waals surface area contributed by atoms with Crippen molar-refractivity contribution in [2.75, 3.05) is 13.2 Å². The summed E-state index contributed by atoms with van der Waals surface area (Å²) in [6, 6.07) is -0.539. The summed E-state index contributed by atoms with van der Waals surface area (Å²) in [5, 5.41) is 23.4. The van der Waals surface area contributed by atoms with E-state index in [0.717, 1.165) is 44.9 Å². The maximum Gasteiger partial charge on any atom is 0.305 e. The van der Waals surface area contributed by atoms with Crippen LogP contribution in [-0.4, -0.2) is 47.4 Å². The normalized spacial score (nSPS) is 12.5. The highest BCUT2D eigenvalue weighted by molar-refractivity contribution is 5.76. The average molecular weight is 1240 g/mol. The van der Waals surface area contributed by atoms with Crippen LogP contribution < -0.4 is 5.32 Å². The van der Waals surface area contributed by atoms with Crippen molar-refractivity contribution < 1.29 is 24.5 Å². The molecule has 0 saturated carbocycles. The molecular weight excluding hydrogens is 1080 g/mol. The van der Waals surface area contributed by atoms with E-state index in [1.165, 1.54) is 385 Å². The third-order valence-corrected chi connectivity index (χ3v) is 19.3. The molecule has 3 N–H and O–H groups in total. The van der Waals surface area contributed by atoms with E-state index < -0.39 is 12.1 Å². The molecule has 88 heavy (non-hydrogen) atoms. The lowest BCUT2D eigenvalue weighted by atomic mass is 10.0. The van der Waals surface area contributed by atoms with Crippen LogP contribution in [0.1, 0.15) is 463 Å². The van der Waals surface area contributed by atoms with Gasteiger partial charge in [0.2, 0.25) is 5.91 Å². The molecule has 0 aliphatic carbocycles. The van der Waals surface area contributed by atoms with Gasteiger partial charge in [-0.05, 0) is 57.8 Å². The quantitative estimate of drug-likeness (QED) is 0.0320. The number of ether oxygens (including phenoxy) is 1. The van der Waals surface area contributed by atoms with Gasteiger partial charge in [0.25, 0.3) is 0 Å². The van der Waals surface area contributed by atoms with Crippen molar-refractivity contribution in [3.8, 4) is 0 Å². The summed E-state index contributed by atoms with van der Waals surface area (Å²) in [6.07, 6.45) is 100. The van der Waals surface area contributed by atoms with Gasteiger partial charge in [-0.15, -0.1) is 0 Å². The number of allylic oxidation sites excluding steroid dienone is 4. The van der Waals surface area contributed by atoms with Gasteiger partial charge >= 0.3 is 5.97 Å². The summed E-state index contributed by atoms with van der Waals surface area (Å²) in [7, 11) is 0. The van der Waals surface area contributed by atoms with Crippen molar-refractivity contribution in [2.24, 2.45) is 0 Å². The van der Waals surface area contributed by atoms with Gasteiger partial charge in [0.15, 0.2) is 0 Å². The number of hydrogen-bond donors (Lipinski definition) is 3. The zero-order valence-corrected chi connectivity index (χ0v) is 60.0. The predicted molar refractivity (Wildman–Crippen MR) is 389 cm³/mol. The lowest BCUT2D eigenvalue weighted by molar-refractivity contribution is -0.143. The minimum Gasteiger partial charge on any atom is -0.466 e. The van der Waals surface area contributed by atoms with Crippen molar-refractivity contribution in [3.63, 3.8) is 0 Å². The number of aliphatic hydroxyl groups excluding tert-OH is 2. The molecule has 0 heterocycles. The highest BCUT2D eigenvalue weighted by Gasteiger charge is 2.20. The zero-order chi connectivity index (χ0) is 63.5. The van der Waals surface area contributed by atoms with Gasteiger partial charge in [-0.3, -0.25) is 9.59 Å². The molecule has 6 nitrogen and oxygen atoms in total. The first kappa shape index (κ1) is 86.3. The smallest absolute Gasteiger partial charge is 0.305 e. The maximum absolute atomic E-state index is 12.5. The second-order valence-electron chi connectivity index (χ2n) is 28.1. The first-order valence-corrected chi connectivity index (χ1v) is 40.6. The van der Waals surface area contributed by atoms with E-state index in [0.29, 0.717) is 25.9 Å². The molecule has 0 aromatic rings. The molecule has 0 aromatic carbocycles. The lowest BCUT2D eigenvalue weighted by Gasteiger charge is -2.22. The number of rotatable bonds is 77. The maximum atomic E-state index is 12.5. The summed E-state index contributed by atoms with van der Waals surface area (Å²) >= 11 is 0. The minimum absolute atomic E-state index is 0.0253. The second-order valence-corrected chi connectivity index (χ2v) is 28.1. The van der Waals surface area contributed by atoms with E-state index in [-0.39, 0.29) is 18.5 Å². The van der Waals surface area contributed by atoms with Gasteiger partial charge in [0.1, 0.15) is 0 Å². The van der Waals surface area contributed by atoms with Crippen LogP contribution in [0.4, 0.5) is 0 Å². The number of unbranched alkanes of at least 4 members (excludes halogenated alkanes) is 62. The Labute approximate surface area is 551 Å². The van der Waals surface area contributed by atoms with Gasteiger partial charge in [-0.1, -0.05) is 417 Å². The van der Waals surface area contributed by atoms with Crippen LogP contribution in [0.25, 0.3) is 0 Å². The zero-order valence-electron chi connectivity index (χ0n) is 60.0. The molecule has 2 unspecified atom stereocenters. The first-order valence-electron chi connectivity index (χ1n) is 40.6. The monoisotopic (exact) mass is 1240 g/mol. The molecule has 0 fully saturated rings. The Balaban J connectivity index is 3.33. The largest absolute Gasteiger partial charge is 0.466 e. The Morgan fingerprint density at radius 1 is 0.318 bits per heavy atom. The molecule has 1 amide bonds. The van der Waals surface area contributed by atoms with Crippen LogP contribution in [0, 0.1) is 0 Å². The molecule has 0 saturated heterocycles. The SMILES string of the molecule is CCCCCCCCCCCCCCCCCCCC(=O)OCCCCCCCCCCCCCCCCC/C=C\C/C=C\CCCCCCCCCCCCCCCCCCCC(=O)NC(CO)C(O)CCCCCCCCCCCCCCCCC. The molecule has 0 aliphatic heterocycles. The molecule has 0 aromatic heterocycles. The van der Waals surface area contributed by atoms with E-state index in [2.05, 4.69) is 43.5 Å². The number of nitrogens with one attached hydrogen (secondary N) is 1. The molecular formula is C82H159NO5. The fourth-order valence-electron chi connectivity index (χ4n) is 13.1. The van der Waals surface area contributed by atoms with Crippen LogP contribution >= 0.6 is 0 Å². The topological polar surface area (TPSA) is 95.9 Å². The predicted octanol–water partition coefficient (Wildman–Crippen LogP) is 26.8.